The Morgan fingerprint density at radius 1 is 1.22 bits per heavy atom. The number of amides is 1. The summed E-state index contributed by atoms with van der Waals surface area (Å²) in [6.45, 7) is 4.72. The quantitative estimate of drug-likeness (QED) is 0.525. The second kappa shape index (κ2) is 10.2. The van der Waals surface area contributed by atoms with Crippen LogP contribution in [-0.2, 0) is 16.1 Å². The molecule has 0 radical (unpaired) electrons. The predicted molar refractivity (Wildman–Crippen MR) is 105 cm³/mol. The molecule has 0 bridgehead atoms. The highest BCUT2D eigenvalue weighted by atomic mass is 16.5. The number of rotatable bonds is 9. The van der Waals surface area contributed by atoms with E-state index in [2.05, 4.69) is 17.2 Å². The molecule has 1 unspecified atom stereocenters. The number of nitrogens with zero attached hydrogens (tertiary/aromatic N) is 1. The van der Waals surface area contributed by atoms with Crippen LogP contribution in [0.3, 0.4) is 0 Å². The number of esters is 1. The van der Waals surface area contributed by atoms with E-state index in [1.165, 1.54) is 6.08 Å². The number of pyridine rings is 1. The van der Waals surface area contributed by atoms with E-state index < -0.39 is 11.9 Å². The number of primary amides is 1. The van der Waals surface area contributed by atoms with Crippen molar-refractivity contribution in [1.82, 2.24) is 10.3 Å². The number of nitrogens with two attached hydrogens (primary N) is 1. The monoisotopic (exact) mass is 367 g/mol. The predicted octanol–water partition coefficient (Wildman–Crippen LogP) is 3.00. The number of benzene rings is 1. The summed E-state index contributed by atoms with van der Waals surface area (Å²) in [5, 5.41) is 3.48. The SMILES string of the molecule is CCOC(=O)/C=C/c1cc(CNC(CC)c2ccncc2)cc(C(N)=O)c1. The zero-order valence-corrected chi connectivity index (χ0v) is 15.6. The van der Waals surface area contributed by atoms with Gasteiger partial charge in [0.15, 0.2) is 0 Å². The molecule has 6 heteroatoms. The zero-order chi connectivity index (χ0) is 19.6. The van der Waals surface area contributed by atoms with Crippen LogP contribution in [0, 0.1) is 0 Å². The number of carbonyl (C=O) groups excluding carboxylic acids is 2. The van der Waals surface area contributed by atoms with Crippen LogP contribution in [0.25, 0.3) is 6.08 Å². The lowest BCUT2D eigenvalue weighted by Gasteiger charge is -2.18. The summed E-state index contributed by atoms with van der Waals surface area (Å²) in [5.41, 5.74) is 8.62. The van der Waals surface area contributed by atoms with E-state index >= 15 is 0 Å². The minimum atomic E-state index is -0.510. The third kappa shape index (κ3) is 6.34. The van der Waals surface area contributed by atoms with Gasteiger partial charge in [0.25, 0.3) is 0 Å². The molecule has 27 heavy (non-hydrogen) atoms. The van der Waals surface area contributed by atoms with Gasteiger partial charge in [-0.05, 0) is 60.4 Å². The molecule has 1 atom stereocenters. The van der Waals surface area contributed by atoms with Crippen molar-refractivity contribution in [3.63, 3.8) is 0 Å². The van der Waals surface area contributed by atoms with Gasteiger partial charge in [-0.3, -0.25) is 9.78 Å². The van der Waals surface area contributed by atoms with Crippen LogP contribution in [-0.4, -0.2) is 23.5 Å². The fourth-order valence-corrected chi connectivity index (χ4v) is 2.75. The van der Waals surface area contributed by atoms with Crippen LogP contribution >= 0.6 is 0 Å². The first-order valence-corrected chi connectivity index (χ1v) is 8.95. The first-order chi connectivity index (χ1) is 13.0. The molecule has 3 N–H and O–H groups in total. The van der Waals surface area contributed by atoms with Gasteiger partial charge < -0.3 is 15.8 Å². The van der Waals surface area contributed by atoms with Gasteiger partial charge in [0.1, 0.15) is 0 Å². The van der Waals surface area contributed by atoms with Crippen LogP contribution in [0.15, 0.2) is 48.8 Å². The molecule has 0 saturated carbocycles. The topological polar surface area (TPSA) is 94.3 Å². The van der Waals surface area contributed by atoms with E-state index in [0.717, 1.165) is 17.5 Å². The van der Waals surface area contributed by atoms with E-state index in [0.29, 0.717) is 24.3 Å². The van der Waals surface area contributed by atoms with Crippen molar-refractivity contribution in [1.29, 1.82) is 0 Å². The van der Waals surface area contributed by atoms with Crippen molar-refractivity contribution in [2.75, 3.05) is 6.61 Å². The van der Waals surface area contributed by atoms with Gasteiger partial charge in [-0.15, -0.1) is 0 Å². The average molecular weight is 367 g/mol. The molecular weight excluding hydrogens is 342 g/mol. The largest absolute Gasteiger partial charge is 0.463 e. The number of hydrogen-bond donors (Lipinski definition) is 2. The van der Waals surface area contributed by atoms with Crippen LogP contribution < -0.4 is 11.1 Å². The smallest absolute Gasteiger partial charge is 0.330 e. The Morgan fingerprint density at radius 3 is 2.59 bits per heavy atom. The summed E-state index contributed by atoms with van der Waals surface area (Å²) in [6, 6.07) is 9.46. The standard InChI is InChI=1S/C21H25N3O3/c1-3-19(17-7-9-23-10-8-17)24-14-16-11-15(5-6-20(25)27-4-2)12-18(13-16)21(22)26/h5-13,19,24H,3-4,14H2,1-2H3,(H2,22,26)/b6-5+. The molecule has 0 fully saturated rings. The van der Waals surface area contributed by atoms with Gasteiger partial charge in [-0.1, -0.05) is 13.0 Å². The van der Waals surface area contributed by atoms with Crippen molar-refractivity contribution in [3.8, 4) is 0 Å². The molecule has 1 heterocycles. The summed E-state index contributed by atoms with van der Waals surface area (Å²) in [7, 11) is 0. The Hall–Kier alpha value is -2.99. The van der Waals surface area contributed by atoms with Crippen molar-refractivity contribution in [2.45, 2.75) is 32.9 Å². The van der Waals surface area contributed by atoms with Crippen LogP contribution in [0.1, 0.15) is 53.4 Å². The Balaban J connectivity index is 2.17. The van der Waals surface area contributed by atoms with Crippen molar-refractivity contribution >= 4 is 18.0 Å². The van der Waals surface area contributed by atoms with Gasteiger partial charge in [0.2, 0.25) is 5.91 Å². The number of aromatic nitrogens is 1. The molecule has 0 saturated heterocycles. The molecule has 0 aliphatic rings. The number of nitrogens with one attached hydrogen (secondary N) is 1. The average Bonchev–Trinajstić information content (AvgIpc) is 2.68. The Kier molecular flexibility index (Phi) is 7.70. The van der Waals surface area contributed by atoms with Gasteiger partial charge >= 0.3 is 5.97 Å². The lowest BCUT2D eigenvalue weighted by atomic mass is 10.0. The Morgan fingerprint density at radius 2 is 1.96 bits per heavy atom. The van der Waals surface area contributed by atoms with E-state index in [1.807, 2.05) is 18.2 Å². The van der Waals surface area contributed by atoms with E-state index in [9.17, 15) is 9.59 Å². The molecule has 0 aliphatic carbocycles. The van der Waals surface area contributed by atoms with Crippen molar-refractivity contribution in [3.05, 3.63) is 71.1 Å². The summed E-state index contributed by atoms with van der Waals surface area (Å²) >= 11 is 0. The molecule has 0 aliphatic heterocycles. The normalized spacial score (nSPS) is 12.1. The fraction of sp³-hybridized carbons (Fsp3) is 0.286. The molecule has 2 rings (SSSR count). The minimum absolute atomic E-state index is 0.170. The minimum Gasteiger partial charge on any atom is -0.463 e. The summed E-state index contributed by atoms with van der Waals surface area (Å²) < 4.78 is 4.88. The number of carbonyl (C=O) groups is 2. The van der Waals surface area contributed by atoms with E-state index in [-0.39, 0.29) is 6.04 Å². The maximum absolute atomic E-state index is 11.6. The molecule has 1 aromatic carbocycles. The lowest BCUT2D eigenvalue weighted by molar-refractivity contribution is -0.137. The highest BCUT2D eigenvalue weighted by Crippen LogP contribution is 2.18. The Labute approximate surface area is 159 Å². The molecular formula is C21H25N3O3. The van der Waals surface area contributed by atoms with E-state index in [1.54, 1.807) is 37.5 Å². The number of ether oxygens (including phenoxy) is 1. The summed E-state index contributed by atoms with van der Waals surface area (Å²) in [5.74, 6) is -0.936. The third-order valence-corrected chi connectivity index (χ3v) is 4.07. The number of hydrogen-bond acceptors (Lipinski definition) is 5. The second-order valence-corrected chi connectivity index (χ2v) is 6.04. The molecule has 1 aromatic heterocycles. The van der Waals surface area contributed by atoms with Crippen LogP contribution in [0.2, 0.25) is 0 Å². The van der Waals surface area contributed by atoms with Crippen LogP contribution in [0.4, 0.5) is 0 Å². The maximum atomic E-state index is 11.6. The third-order valence-electron chi connectivity index (χ3n) is 4.07. The molecule has 2 aromatic rings. The first kappa shape index (κ1) is 20.3. The molecule has 6 nitrogen and oxygen atoms in total. The van der Waals surface area contributed by atoms with Gasteiger partial charge in [-0.25, -0.2) is 4.79 Å². The van der Waals surface area contributed by atoms with Gasteiger partial charge in [0, 0.05) is 36.6 Å². The fourth-order valence-electron chi connectivity index (χ4n) is 2.75. The van der Waals surface area contributed by atoms with Gasteiger partial charge in [0.05, 0.1) is 6.61 Å². The van der Waals surface area contributed by atoms with Crippen molar-refractivity contribution in [2.24, 2.45) is 5.73 Å². The van der Waals surface area contributed by atoms with Gasteiger partial charge in [-0.2, -0.15) is 0 Å². The summed E-state index contributed by atoms with van der Waals surface area (Å²) in [6.07, 6.45) is 7.41. The van der Waals surface area contributed by atoms with Crippen LogP contribution in [0.5, 0.6) is 0 Å². The highest BCUT2D eigenvalue weighted by molar-refractivity contribution is 5.94. The highest BCUT2D eigenvalue weighted by Gasteiger charge is 2.10. The second-order valence-electron chi connectivity index (χ2n) is 6.04. The lowest BCUT2D eigenvalue weighted by Crippen LogP contribution is -2.21. The van der Waals surface area contributed by atoms with E-state index in [4.69, 9.17) is 10.5 Å². The molecule has 142 valence electrons. The zero-order valence-electron chi connectivity index (χ0n) is 15.6. The first-order valence-electron chi connectivity index (χ1n) is 8.95. The Bertz CT molecular complexity index is 804. The summed E-state index contributed by atoms with van der Waals surface area (Å²) in [4.78, 5) is 27.2. The molecule has 1 amide bonds. The maximum Gasteiger partial charge on any atom is 0.330 e. The van der Waals surface area contributed by atoms with Crippen molar-refractivity contribution < 1.29 is 14.3 Å². The molecule has 0 spiro atoms.